The highest BCUT2D eigenvalue weighted by Crippen LogP contribution is 2.20. The Morgan fingerprint density at radius 2 is 1.37 bits per heavy atom. The molecule has 1 aliphatic heterocycles. The van der Waals surface area contributed by atoms with E-state index in [0.29, 0.717) is 22.2 Å². The first kappa shape index (κ1) is 64.0. The van der Waals surface area contributed by atoms with Crippen LogP contribution in [-0.4, -0.2) is 146 Å². The van der Waals surface area contributed by atoms with Gasteiger partial charge in [-0.3, -0.25) is 48.1 Å². The molecule has 9 atom stereocenters. The summed E-state index contributed by atoms with van der Waals surface area (Å²) >= 11 is 0. The third-order valence-corrected chi connectivity index (χ3v) is 13.9. The molecule has 1 aliphatic rings. The number of aromatic nitrogens is 3. The molecular formula is C57H76N16O11. The minimum absolute atomic E-state index is 0.0196. The Morgan fingerprint density at radius 3 is 2.02 bits per heavy atom. The van der Waals surface area contributed by atoms with Gasteiger partial charge in [0.25, 0.3) is 0 Å². The first-order chi connectivity index (χ1) is 40.2. The quantitative estimate of drug-likeness (QED) is 0.0252. The predicted molar refractivity (Wildman–Crippen MR) is 309 cm³/mol. The number of primary amides is 1. The van der Waals surface area contributed by atoms with E-state index in [2.05, 4.69) is 57.7 Å². The fourth-order valence-corrected chi connectivity index (χ4v) is 9.36. The zero-order chi connectivity index (χ0) is 60.7. The van der Waals surface area contributed by atoms with Crippen LogP contribution in [0.5, 0.6) is 0 Å². The molecular weight excluding hydrogens is 1080 g/mol. The number of aliphatic hydroxyl groups excluding tert-OH is 1. The summed E-state index contributed by atoms with van der Waals surface area (Å²) in [5.74, 6) is -8.08. The molecule has 1 fully saturated rings. The molecule has 5 aromatic rings. The van der Waals surface area contributed by atoms with E-state index in [-0.39, 0.29) is 83.3 Å². The Bertz CT molecular complexity index is 3080. The summed E-state index contributed by atoms with van der Waals surface area (Å²) < 4.78 is 1.63. The number of para-hydroxylation sites is 1. The van der Waals surface area contributed by atoms with Crippen molar-refractivity contribution < 1.29 is 53.1 Å². The average Bonchev–Trinajstić information content (AvgIpc) is 4.22. The number of H-pyrrole nitrogens is 1. The van der Waals surface area contributed by atoms with E-state index >= 15 is 0 Å². The lowest BCUT2D eigenvalue weighted by atomic mass is 10.0. The van der Waals surface area contributed by atoms with E-state index in [1.807, 2.05) is 18.2 Å². The Labute approximate surface area is 485 Å². The first-order valence-electron chi connectivity index (χ1n) is 27.7. The fraction of sp³-hybridized carbons (Fsp3) is 0.421. The predicted octanol–water partition coefficient (Wildman–Crippen LogP) is -2.18. The summed E-state index contributed by atoms with van der Waals surface area (Å²) in [6.45, 7) is 1.28. The SMILES string of the molecule is C[C@@H](O)[C@H](NC(=O)[C@@H]1CCCCNOC(=O)CC[C@H](NC(=O)[C@H](N)Cc2ccccc2)C(=O)N[C@@H](Cc2cn(C)cn2)C(=O)N[C@H](Cc2ccccc2)C(=O)N[C@@H](CCCN=C(N)N)C(=O)N[C@@H](Cc2c[nH]c3ccccc23)C(=O)N1)C(N)=O. The van der Waals surface area contributed by atoms with Crippen LogP contribution >= 0.6 is 0 Å². The van der Waals surface area contributed by atoms with Crippen LogP contribution in [0.4, 0.5) is 0 Å². The number of amides is 8. The molecule has 27 nitrogen and oxygen atoms in total. The molecule has 0 unspecified atom stereocenters. The summed E-state index contributed by atoms with van der Waals surface area (Å²) in [5.41, 5.74) is 28.7. The number of aliphatic imine (C=N–C) groups is 1. The second-order valence-corrected chi connectivity index (χ2v) is 20.6. The van der Waals surface area contributed by atoms with Gasteiger partial charge in [-0.15, -0.1) is 0 Å². The number of nitrogens with two attached hydrogens (primary N) is 4. The summed E-state index contributed by atoms with van der Waals surface area (Å²) in [5, 5.41) is 29.9. The van der Waals surface area contributed by atoms with Crippen LogP contribution in [0, 0.1) is 0 Å². The molecule has 8 amide bonds. The van der Waals surface area contributed by atoms with Gasteiger partial charge >= 0.3 is 5.97 Å². The van der Waals surface area contributed by atoms with E-state index in [9.17, 15) is 48.3 Å². The molecule has 0 spiro atoms. The molecule has 27 heteroatoms. The zero-order valence-electron chi connectivity index (χ0n) is 46.9. The van der Waals surface area contributed by atoms with Crippen LogP contribution in [-0.2, 0) is 80.7 Å². The van der Waals surface area contributed by atoms with Crippen LogP contribution in [0.25, 0.3) is 10.9 Å². The van der Waals surface area contributed by atoms with Crippen molar-refractivity contribution >= 4 is 70.1 Å². The molecule has 1 saturated heterocycles. The number of benzene rings is 3. The van der Waals surface area contributed by atoms with Crippen molar-refractivity contribution in [1.29, 1.82) is 0 Å². The standard InChI is InChI=1S/C57H76N16O11/c1-33(74)48(49(59)76)72-53(80)41-20-11-12-25-65-84-47(75)23-22-43(66-50(77)39(58)26-34-14-5-3-6-15-34)52(79)71-46(29-37-31-73(2)32-64-37)56(83)69-44(27-35-16-7-4-8-17-35)54(81)68-42(21-13-24-62-57(60)61)51(78)70-45(55(82)67-41)28-36-30-63-40-19-10-9-18-38(36)40/h3-10,14-19,30-33,39,41-46,48,63,65,74H,11-13,20-29,58H2,1-2H3,(H2,59,76)(H,66,77)(H,67,82)(H,68,81)(H,69,83)(H,70,78)(H,71,79)(H,72,80)(H4,60,61,62)/t33-,39-,41+,42+,43+,44-,45+,46+,48+/m1/s1. The minimum atomic E-state index is -1.56. The highest BCUT2D eigenvalue weighted by Gasteiger charge is 2.36. The molecule has 0 saturated carbocycles. The number of aryl methyl sites for hydroxylation is 1. The lowest BCUT2D eigenvalue weighted by Gasteiger charge is -2.28. The highest BCUT2D eigenvalue weighted by atomic mass is 16.7. The summed E-state index contributed by atoms with van der Waals surface area (Å²) in [4.78, 5) is 144. The molecule has 3 heterocycles. The molecule has 0 radical (unpaired) electrons. The van der Waals surface area contributed by atoms with Gasteiger partial charge in [0.2, 0.25) is 47.3 Å². The van der Waals surface area contributed by atoms with Gasteiger partial charge in [0.15, 0.2) is 5.96 Å². The molecule has 84 heavy (non-hydrogen) atoms. The fourth-order valence-electron chi connectivity index (χ4n) is 9.36. The third-order valence-electron chi connectivity index (χ3n) is 13.9. The number of carbonyl (C=O) groups is 9. The van der Waals surface area contributed by atoms with E-state index in [1.165, 1.54) is 13.3 Å². The van der Waals surface area contributed by atoms with Crippen LogP contribution in [0.1, 0.15) is 74.3 Å². The van der Waals surface area contributed by atoms with Crippen LogP contribution < -0.4 is 65.6 Å². The highest BCUT2D eigenvalue weighted by molar-refractivity contribution is 5.98. The van der Waals surface area contributed by atoms with Gasteiger partial charge in [0, 0.05) is 69.1 Å². The van der Waals surface area contributed by atoms with E-state index in [1.54, 1.807) is 90.7 Å². The van der Waals surface area contributed by atoms with Crippen molar-refractivity contribution in [2.75, 3.05) is 13.1 Å². The largest absolute Gasteiger partial charge is 0.391 e. The Balaban J connectivity index is 1.39. The monoisotopic (exact) mass is 1160 g/mol. The minimum Gasteiger partial charge on any atom is -0.391 e. The molecule has 6 rings (SSSR count). The van der Waals surface area contributed by atoms with Gasteiger partial charge in [-0.25, -0.2) is 4.98 Å². The lowest BCUT2D eigenvalue weighted by molar-refractivity contribution is -0.151. The van der Waals surface area contributed by atoms with Crippen molar-refractivity contribution in [2.24, 2.45) is 35.0 Å². The summed E-state index contributed by atoms with van der Waals surface area (Å²) in [7, 11) is 1.70. The van der Waals surface area contributed by atoms with Crippen LogP contribution in [0.3, 0.4) is 0 Å². The number of carbonyl (C=O) groups excluding carboxylic acids is 9. The van der Waals surface area contributed by atoms with Gasteiger partial charge in [-0.1, -0.05) is 78.9 Å². The molecule has 0 bridgehead atoms. The van der Waals surface area contributed by atoms with Gasteiger partial charge in [0.05, 0.1) is 24.2 Å². The van der Waals surface area contributed by atoms with Gasteiger partial charge in [-0.05, 0) is 74.6 Å². The first-order valence-corrected chi connectivity index (χ1v) is 27.7. The van der Waals surface area contributed by atoms with Gasteiger partial charge in [-0.2, -0.15) is 5.48 Å². The number of aliphatic hydroxyl groups is 1. The normalized spacial score (nSPS) is 21.2. The van der Waals surface area contributed by atoms with Gasteiger partial charge < -0.3 is 79.6 Å². The Kier molecular flexibility index (Phi) is 24.3. The third kappa shape index (κ3) is 20.0. The maximum atomic E-state index is 14.9. The Hall–Kier alpha value is -9.21. The molecule has 18 N–H and O–H groups in total. The Morgan fingerprint density at radius 1 is 0.762 bits per heavy atom. The number of aromatic amines is 1. The second-order valence-electron chi connectivity index (χ2n) is 20.6. The number of guanidine groups is 1. The summed E-state index contributed by atoms with van der Waals surface area (Å²) in [6.07, 6.45) is 2.48. The summed E-state index contributed by atoms with van der Waals surface area (Å²) in [6, 6.07) is 13.4. The lowest BCUT2D eigenvalue weighted by Crippen LogP contribution is -2.61. The molecule has 0 aliphatic carbocycles. The van der Waals surface area contributed by atoms with Crippen molar-refractivity contribution in [3.8, 4) is 0 Å². The number of nitrogens with zero attached hydrogens (tertiary/aromatic N) is 3. The number of hydroxylamine groups is 1. The van der Waals surface area contributed by atoms with Crippen LogP contribution in [0.15, 0.2) is 109 Å². The number of hydrogen-bond acceptors (Lipinski definition) is 15. The number of hydrogen-bond donors (Lipinski definition) is 14. The number of imidazole rings is 1. The average molecular weight is 1160 g/mol. The maximum absolute atomic E-state index is 14.9. The van der Waals surface area contributed by atoms with E-state index in [4.69, 9.17) is 27.8 Å². The van der Waals surface area contributed by atoms with Crippen molar-refractivity contribution in [3.05, 3.63) is 126 Å². The maximum Gasteiger partial charge on any atom is 0.324 e. The van der Waals surface area contributed by atoms with Gasteiger partial charge in [0.1, 0.15) is 42.3 Å². The molecule has 3 aromatic carbocycles. The van der Waals surface area contributed by atoms with E-state index < -0.39 is 114 Å². The van der Waals surface area contributed by atoms with Crippen molar-refractivity contribution in [2.45, 2.75) is 132 Å². The number of nitrogens with one attached hydrogen (secondary N) is 9. The zero-order valence-corrected chi connectivity index (χ0v) is 46.9. The molecule has 450 valence electrons. The topological polar surface area (TPSA) is 429 Å². The van der Waals surface area contributed by atoms with Crippen molar-refractivity contribution in [1.82, 2.24) is 57.2 Å². The second kappa shape index (κ2) is 31.9. The van der Waals surface area contributed by atoms with Crippen LogP contribution in [0.2, 0.25) is 0 Å². The number of fused-ring (bicyclic) bond motifs is 1. The smallest absolute Gasteiger partial charge is 0.324 e. The van der Waals surface area contributed by atoms with E-state index in [0.717, 1.165) is 11.1 Å². The van der Waals surface area contributed by atoms with Crippen molar-refractivity contribution in [3.63, 3.8) is 0 Å². The number of rotatable bonds is 18. The molecule has 2 aromatic heterocycles.